The maximum Gasteiger partial charge on any atom is 0.411 e. The van der Waals surface area contributed by atoms with Crippen LogP contribution in [0.5, 0.6) is 5.88 Å². The average Bonchev–Trinajstić information content (AvgIpc) is 3.34. The zero-order valence-electron chi connectivity index (χ0n) is 21.9. The number of anilines is 2. The van der Waals surface area contributed by atoms with Crippen molar-refractivity contribution >= 4 is 34.3 Å². The van der Waals surface area contributed by atoms with Gasteiger partial charge in [-0.15, -0.1) is 0 Å². The van der Waals surface area contributed by atoms with Crippen LogP contribution >= 0.6 is 11.3 Å². The molecule has 1 aliphatic rings. The molecule has 1 atom stereocenters. The van der Waals surface area contributed by atoms with Gasteiger partial charge in [-0.2, -0.15) is 4.98 Å². The number of carbonyl (C=O) groups excluding carboxylic acids is 2. The van der Waals surface area contributed by atoms with Gasteiger partial charge in [0.15, 0.2) is 5.13 Å². The first-order valence-corrected chi connectivity index (χ1v) is 13.1. The number of nitrogens with one attached hydrogen (secondary N) is 2. The molecule has 0 aliphatic carbocycles. The lowest BCUT2D eigenvalue weighted by molar-refractivity contribution is -0.132. The minimum Gasteiger partial charge on any atom is -0.476 e. The smallest absolute Gasteiger partial charge is 0.411 e. The number of carbonyl (C=O) groups is 2. The number of aromatic nitrogens is 3. The summed E-state index contributed by atoms with van der Waals surface area (Å²) >= 11 is 1.52. The first-order chi connectivity index (χ1) is 18.2. The molecule has 2 N–H and O–H groups in total. The maximum absolute atomic E-state index is 12.8. The summed E-state index contributed by atoms with van der Waals surface area (Å²) < 4.78 is 16.6. The second kappa shape index (κ2) is 12.2. The lowest BCUT2D eigenvalue weighted by Gasteiger charge is -2.35. The normalized spacial score (nSPS) is 15.6. The van der Waals surface area contributed by atoms with Gasteiger partial charge in [-0.3, -0.25) is 9.69 Å². The number of ether oxygens (including phenoxy) is 3. The highest BCUT2D eigenvalue weighted by Gasteiger charge is 2.35. The Bertz CT molecular complexity index is 1250. The molecule has 1 aromatic carbocycles. The summed E-state index contributed by atoms with van der Waals surface area (Å²) in [6.07, 6.45) is 1.28. The SMILES string of the molecule is Cc1nc(Nc2ncc(-c3ccccc3)s2)cc(OCCNC(=O)[C@@H]2COCCN2C(=O)OC(C)(C)C)n1. The minimum absolute atomic E-state index is 0.106. The van der Waals surface area contributed by atoms with E-state index in [9.17, 15) is 9.59 Å². The topological polar surface area (TPSA) is 128 Å². The van der Waals surface area contributed by atoms with Crippen LogP contribution in [0.3, 0.4) is 0 Å². The second-order valence-corrected chi connectivity index (χ2v) is 10.6. The molecule has 0 unspecified atom stereocenters. The highest BCUT2D eigenvalue weighted by Crippen LogP contribution is 2.30. The van der Waals surface area contributed by atoms with Crippen LogP contribution in [0.4, 0.5) is 15.7 Å². The Morgan fingerprint density at radius 2 is 2.00 bits per heavy atom. The third kappa shape index (κ3) is 7.62. The number of hydrogen-bond donors (Lipinski definition) is 2. The van der Waals surface area contributed by atoms with E-state index in [4.69, 9.17) is 14.2 Å². The summed E-state index contributed by atoms with van der Waals surface area (Å²) in [5.41, 5.74) is 0.439. The number of hydrogen-bond acceptors (Lipinski definition) is 10. The number of amides is 2. The Kier molecular flexibility index (Phi) is 8.74. The first kappa shape index (κ1) is 27.3. The van der Waals surface area contributed by atoms with Crippen molar-refractivity contribution in [2.45, 2.75) is 39.3 Å². The lowest BCUT2D eigenvalue weighted by atomic mass is 10.2. The molecule has 3 aromatic rings. The first-order valence-electron chi connectivity index (χ1n) is 12.3. The fraction of sp³-hybridized carbons (Fsp3) is 0.423. The third-order valence-electron chi connectivity index (χ3n) is 5.32. The van der Waals surface area contributed by atoms with Crippen molar-refractivity contribution in [3.8, 4) is 16.3 Å². The Balaban J connectivity index is 1.29. The molecule has 0 bridgehead atoms. The number of morpholine rings is 1. The predicted molar refractivity (Wildman–Crippen MR) is 144 cm³/mol. The van der Waals surface area contributed by atoms with Crippen molar-refractivity contribution in [3.63, 3.8) is 0 Å². The third-order valence-corrected chi connectivity index (χ3v) is 6.29. The zero-order chi connectivity index (χ0) is 27.1. The summed E-state index contributed by atoms with van der Waals surface area (Å²) in [7, 11) is 0. The summed E-state index contributed by atoms with van der Waals surface area (Å²) in [5.74, 6) is 1.11. The van der Waals surface area contributed by atoms with Gasteiger partial charge in [0.25, 0.3) is 0 Å². The summed E-state index contributed by atoms with van der Waals surface area (Å²) in [6, 6.07) is 10.9. The van der Waals surface area contributed by atoms with Crippen LogP contribution in [-0.4, -0.2) is 76.4 Å². The lowest BCUT2D eigenvalue weighted by Crippen LogP contribution is -2.57. The molecule has 202 valence electrons. The molecule has 1 fully saturated rings. The molecule has 4 rings (SSSR count). The van der Waals surface area contributed by atoms with E-state index in [1.807, 2.05) is 36.5 Å². The van der Waals surface area contributed by atoms with E-state index in [1.165, 1.54) is 16.2 Å². The molecule has 38 heavy (non-hydrogen) atoms. The molecule has 0 saturated carbocycles. The standard InChI is InChI=1S/C26H32N6O5S/c1-17-29-21(31-24-28-15-20(38-24)18-8-6-5-7-9-18)14-22(30-17)36-12-10-27-23(33)19-16-35-13-11-32(19)25(34)37-26(2,3)4/h5-9,14-15,19H,10-13,16H2,1-4H3,(H,27,33)(H,28,29,30,31)/t19-/m0/s1. The van der Waals surface area contributed by atoms with Crippen LogP contribution in [-0.2, 0) is 14.3 Å². The molecule has 2 aromatic heterocycles. The summed E-state index contributed by atoms with van der Waals surface area (Å²) in [5, 5.41) is 6.70. The van der Waals surface area contributed by atoms with Gasteiger partial charge in [0.2, 0.25) is 11.8 Å². The van der Waals surface area contributed by atoms with Crippen LogP contribution in [0, 0.1) is 6.92 Å². The van der Waals surface area contributed by atoms with Gasteiger partial charge in [-0.1, -0.05) is 41.7 Å². The van der Waals surface area contributed by atoms with Crippen molar-refractivity contribution < 1.29 is 23.8 Å². The Hall–Kier alpha value is -3.77. The van der Waals surface area contributed by atoms with Crippen LogP contribution < -0.4 is 15.4 Å². The highest BCUT2D eigenvalue weighted by atomic mass is 32.1. The Morgan fingerprint density at radius 1 is 1.21 bits per heavy atom. The molecule has 0 radical (unpaired) electrons. The quantitative estimate of drug-likeness (QED) is 0.410. The van der Waals surface area contributed by atoms with Crippen molar-refractivity contribution in [2.75, 3.05) is 38.2 Å². The average molecular weight is 541 g/mol. The van der Waals surface area contributed by atoms with Gasteiger partial charge in [0, 0.05) is 18.8 Å². The number of nitrogens with zero attached hydrogens (tertiary/aromatic N) is 4. The van der Waals surface area contributed by atoms with Crippen LogP contribution in [0.25, 0.3) is 10.4 Å². The van der Waals surface area contributed by atoms with E-state index >= 15 is 0 Å². The number of thiazole rings is 1. The van der Waals surface area contributed by atoms with E-state index in [0.29, 0.717) is 29.3 Å². The number of aryl methyl sites for hydroxylation is 1. The van der Waals surface area contributed by atoms with Gasteiger partial charge >= 0.3 is 6.09 Å². The van der Waals surface area contributed by atoms with Crippen LogP contribution in [0.15, 0.2) is 42.6 Å². The molecule has 12 heteroatoms. The van der Waals surface area contributed by atoms with Gasteiger partial charge in [-0.25, -0.2) is 14.8 Å². The maximum atomic E-state index is 12.8. The van der Waals surface area contributed by atoms with Crippen molar-refractivity contribution in [2.24, 2.45) is 0 Å². The zero-order valence-corrected chi connectivity index (χ0v) is 22.7. The molecule has 1 aliphatic heterocycles. The van der Waals surface area contributed by atoms with E-state index < -0.39 is 17.7 Å². The molecule has 1 saturated heterocycles. The van der Waals surface area contributed by atoms with Crippen LogP contribution in [0.2, 0.25) is 0 Å². The molecule has 3 heterocycles. The largest absolute Gasteiger partial charge is 0.476 e. The van der Waals surface area contributed by atoms with E-state index in [-0.39, 0.29) is 32.2 Å². The van der Waals surface area contributed by atoms with Crippen molar-refractivity contribution in [1.82, 2.24) is 25.2 Å². The predicted octanol–water partition coefficient (Wildman–Crippen LogP) is 3.78. The van der Waals surface area contributed by atoms with Gasteiger partial charge in [-0.05, 0) is 33.3 Å². The summed E-state index contributed by atoms with van der Waals surface area (Å²) in [4.78, 5) is 40.9. The van der Waals surface area contributed by atoms with Gasteiger partial charge in [0.05, 0.1) is 24.6 Å². The summed E-state index contributed by atoms with van der Waals surface area (Å²) in [6.45, 7) is 8.26. The molecule has 2 amide bonds. The van der Waals surface area contributed by atoms with E-state index in [2.05, 4.69) is 25.6 Å². The molecule has 11 nitrogen and oxygen atoms in total. The van der Waals surface area contributed by atoms with E-state index in [0.717, 1.165) is 10.4 Å². The van der Waals surface area contributed by atoms with Crippen molar-refractivity contribution in [1.29, 1.82) is 0 Å². The monoisotopic (exact) mass is 540 g/mol. The number of rotatable bonds is 8. The Labute approximate surface area is 225 Å². The number of benzene rings is 1. The molecular weight excluding hydrogens is 508 g/mol. The highest BCUT2D eigenvalue weighted by molar-refractivity contribution is 7.18. The second-order valence-electron chi connectivity index (χ2n) is 9.56. The fourth-order valence-electron chi connectivity index (χ4n) is 3.66. The van der Waals surface area contributed by atoms with Gasteiger partial charge in [0.1, 0.15) is 29.9 Å². The Morgan fingerprint density at radius 3 is 2.76 bits per heavy atom. The van der Waals surface area contributed by atoms with Crippen molar-refractivity contribution in [3.05, 3.63) is 48.4 Å². The fourth-order valence-corrected chi connectivity index (χ4v) is 4.49. The molecular formula is C26H32N6O5S. The van der Waals surface area contributed by atoms with Crippen LogP contribution in [0.1, 0.15) is 26.6 Å². The van der Waals surface area contributed by atoms with E-state index in [1.54, 1.807) is 33.8 Å². The molecule has 0 spiro atoms. The van der Waals surface area contributed by atoms with Gasteiger partial charge < -0.3 is 24.8 Å². The minimum atomic E-state index is -0.769.